The van der Waals surface area contributed by atoms with E-state index in [4.69, 9.17) is 9.15 Å². The minimum Gasteiger partial charge on any atom is -0.468 e. The van der Waals surface area contributed by atoms with Crippen LogP contribution < -0.4 is 4.74 Å². The maximum absolute atomic E-state index is 11.7. The van der Waals surface area contributed by atoms with Gasteiger partial charge in [-0.25, -0.2) is 0 Å². The number of ether oxygens (including phenoxy) is 1. The molecular weight excluding hydrogens is 298 g/mol. The number of nitrogens with zero attached hydrogens (tertiary/aromatic N) is 1. The first-order valence-electron chi connectivity index (χ1n) is 5.87. The van der Waals surface area contributed by atoms with Crippen LogP contribution in [-0.4, -0.2) is 20.9 Å². The number of nitro benzene ring substituents is 1. The van der Waals surface area contributed by atoms with Crippen LogP contribution in [0.1, 0.15) is 5.76 Å². The highest BCUT2D eigenvalue weighted by Gasteiger charge is 2.13. The summed E-state index contributed by atoms with van der Waals surface area (Å²) in [7, 11) is -1.44. The lowest BCUT2D eigenvalue weighted by Gasteiger charge is -2.03. The summed E-state index contributed by atoms with van der Waals surface area (Å²) in [6, 6.07) is 8.41. The molecule has 0 aliphatic heterocycles. The van der Waals surface area contributed by atoms with Gasteiger partial charge in [-0.2, -0.15) is 0 Å². The standard InChI is InChI=1S/C13H11NO6S/c15-13(9-21(18)8-12-2-1-7-19-12)20-11-5-3-10(4-6-11)14(16)17/h1-7H,8-9H2/t21-/m1/s1. The average Bonchev–Trinajstić information content (AvgIpc) is 2.91. The number of nitro groups is 1. The van der Waals surface area contributed by atoms with Crippen LogP contribution in [0.4, 0.5) is 5.69 Å². The van der Waals surface area contributed by atoms with Crippen LogP contribution >= 0.6 is 0 Å². The zero-order valence-electron chi connectivity index (χ0n) is 10.8. The van der Waals surface area contributed by atoms with Crippen LogP contribution in [0, 0.1) is 10.1 Å². The minimum absolute atomic E-state index is 0.101. The Balaban J connectivity index is 1.86. The number of carbonyl (C=O) groups excluding carboxylic acids is 1. The fourth-order valence-electron chi connectivity index (χ4n) is 1.53. The zero-order chi connectivity index (χ0) is 15.2. The van der Waals surface area contributed by atoms with Gasteiger partial charge in [0.25, 0.3) is 5.69 Å². The van der Waals surface area contributed by atoms with E-state index in [9.17, 15) is 19.1 Å². The van der Waals surface area contributed by atoms with Gasteiger partial charge in [-0.3, -0.25) is 19.1 Å². The number of furan rings is 1. The van der Waals surface area contributed by atoms with Gasteiger partial charge >= 0.3 is 5.97 Å². The van der Waals surface area contributed by atoms with Crippen LogP contribution in [0.2, 0.25) is 0 Å². The van der Waals surface area contributed by atoms with Gasteiger partial charge in [0.1, 0.15) is 17.3 Å². The van der Waals surface area contributed by atoms with E-state index >= 15 is 0 Å². The Kier molecular flexibility index (Phi) is 4.83. The van der Waals surface area contributed by atoms with Crippen molar-refractivity contribution in [3.63, 3.8) is 0 Å². The number of carbonyl (C=O) groups is 1. The second kappa shape index (κ2) is 6.80. The van der Waals surface area contributed by atoms with E-state index < -0.39 is 21.7 Å². The van der Waals surface area contributed by atoms with Crippen molar-refractivity contribution >= 4 is 22.5 Å². The molecule has 1 aromatic carbocycles. The maximum Gasteiger partial charge on any atom is 0.323 e. The van der Waals surface area contributed by atoms with Gasteiger partial charge in [0.2, 0.25) is 0 Å². The lowest BCUT2D eigenvalue weighted by atomic mass is 10.3. The SMILES string of the molecule is O=C(C[S@](=O)Cc1ccco1)Oc1ccc([N+](=O)[O-])cc1. The van der Waals surface area contributed by atoms with Crippen molar-refractivity contribution in [2.24, 2.45) is 0 Å². The summed E-state index contributed by atoms with van der Waals surface area (Å²) in [5, 5.41) is 10.5. The van der Waals surface area contributed by atoms with E-state index in [2.05, 4.69) is 0 Å². The molecule has 1 aromatic heterocycles. The molecule has 0 bridgehead atoms. The van der Waals surface area contributed by atoms with Gasteiger partial charge in [-0.05, 0) is 24.3 Å². The molecule has 0 aliphatic rings. The van der Waals surface area contributed by atoms with Crippen LogP contribution in [0.3, 0.4) is 0 Å². The first-order chi connectivity index (χ1) is 10.0. The predicted octanol–water partition coefficient (Wildman–Crippen LogP) is 2.04. The molecule has 110 valence electrons. The second-order valence-electron chi connectivity index (χ2n) is 4.03. The largest absolute Gasteiger partial charge is 0.468 e. The van der Waals surface area contributed by atoms with Gasteiger partial charge < -0.3 is 9.15 Å². The lowest BCUT2D eigenvalue weighted by molar-refractivity contribution is -0.384. The van der Waals surface area contributed by atoms with E-state index in [-0.39, 0.29) is 22.9 Å². The molecule has 0 fully saturated rings. The molecule has 1 heterocycles. The van der Waals surface area contributed by atoms with Crippen molar-refractivity contribution in [1.29, 1.82) is 0 Å². The third kappa shape index (κ3) is 4.53. The van der Waals surface area contributed by atoms with Crippen molar-refractivity contribution in [1.82, 2.24) is 0 Å². The number of non-ortho nitro benzene ring substituents is 1. The molecule has 8 heteroatoms. The Morgan fingerprint density at radius 2 is 2.00 bits per heavy atom. The molecule has 0 saturated heterocycles. The van der Waals surface area contributed by atoms with Gasteiger partial charge in [0, 0.05) is 22.9 Å². The Hall–Kier alpha value is -2.48. The summed E-state index contributed by atoms with van der Waals surface area (Å²) >= 11 is 0. The van der Waals surface area contributed by atoms with E-state index in [0.29, 0.717) is 5.76 Å². The molecule has 1 atom stereocenters. The maximum atomic E-state index is 11.7. The summed E-state index contributed by atoms with van der Waals surface area (Å²) in [4.78, 5) is 21.5. The highest BCUT2D eigenvalue weighted by atomic mass is 32.2. The molecule has 21 heavy (non-hydrogen) atoms. The number of hydrogen-bond acceptors (Lipinski definition) is 6. The lowest BCUT2D eigenvalue weighted by Crippen LogP contribution is -2.17. The molecular formula is C13H11NO6S. The topological polar surface area (TPSA) is 99.7 Å². The fourth-order valence-corrected chi connectivity index (χ4v) is 2.44. The van der Waals surface area contributed by atoms with Crippen LogP contribution in [-0.2, 0) is 21.3 Å². The minimum atomic E-state index is -1.44. The predicted molar refractivity (Wildman–Crippen MR) is 74.2 cm³/mol. The number of rotatable bonds is 6. The third-order valence-electron chi connectivity index (χ3n) is 2.44. The smallest absolute Gasteiger partial charge is 0.323 e. The van der Waals surface area contributed by atoms with Crippen molar-refractivity contribution in [3.8, 4) is 5.75 Å². The van der Waals surface area contributed by atoms with Crippen LogP contribution in [0.25, 0.3) is 0 Å². The number of hydrogen-bond donors (Lipinski definition) is 0. The van der Waals surface area contributed by atoms with E-state index in [0.717, 1.165) is 0 Å². The normalized spacial score (nSPS) is 11.8. The number of benzene rings is 1. The average molecular weight is 309 g/mol. The van der Waals surface area contributed by atoms with E-state index in [1.165, 1.54) is 30.5 Å². The van der Waals surface area contributed by atoms with Crippen molar-refractivity contribution in [2.75, 3.05) is 5.75 Å². The van der Waals surface area contributed by atoms with Crippen molar-refractivity contribution in [3.05, 3.63) is 58.5 Å². The Morgan fingerprint density at radius 1 is 1.29 bits per heavy atom. The van der Waals surface area contributed by atoms with Gasteiger partial charge in [0.05, 0.1) is 16.9 Å². The number of esters is 1. The summed E-state index contributed by atoms with van der Waals surface area (Å²) in [5.41, 5.74) is -0.101. The molecule has 0 N–H and O–H groups in total. The Bertz CT molecular complexity index is 650. The molecule has 0 radical (unpaired) electrons. The van der Waals surface area contributed by atoms with Crippen molar-refractivity contribution < 1.29 is 23.1 Å². The molecule has 0 spiro atoms. The Morgan fingerprint density at radius 3 is 2.57 bits per heavy atom. The van der Waals surface area contributed by atoms with E-state index in [1.54, 1.807) is 12.1 Å². The molecule has 0 amide bonds. The summed E-state index contributed by atoms with van der Waals surface area (Å²) in [6.07, 6.45) is 1.46. The summed E-state index contributed by atoms with van der Waals surface area (Å²) in [5.74, 6) is -0.133. The quantitative estimate of drug-likeness (QED) is 0.350. The summed E-state index contributed by atoms with van der Waals surface area (Å²) < 4.78 is 21.7. The first-order valence-corrected chi connectivity index (χ1v) is 7.36. The van der Waals surface area contributed by atoms with Gasteiger partial charge in [0.15, 0.2) is 0 Å². The van der Waals surface area contributed by atoms with Crippen LogP contribution in [0.5, 0.6) is 5.75 Å². The molecule has 7 nitrogen and oxygen atoms in total. The molecule has 0 unspecified atom stereocenters. The Labute approximate surface area is 122 Å². The highest BCUT2D eigenvalue weighted by Crippen LogP contribution is 2.17. The molecule has 2 aromatic rings. The third-order valence-corrected chi connectivity index (χ3v) is 3.61. The summed E-state index contributed by atoms with van der Waals surface area (Å²) in [6.45, 7) is 0. The molecule has 2 rings (SSSR count). The second-order valence-corrected chi connectivity index (χ2v) is 5.49. The van der Waals surface area contributed by atoms with Gasteiger partial charge in [-0.1, -0.05) is 0 Å². The fraction of sp³-hybridized carbons (Fsp3) is 0.154. The highest BCUT2D eigenvalue weighted by molar-refractivity contribution is 7.84. The molecule has 0 aliphatic carbocycles. The first kappa shape index (κ1) is 14.9. The molecule has 0 saturated carbocycles. The van der Waals surface area contributed by atoms with Gasteiger partial charge in [-0.15, -0.1) is 0 Å². The van der Waals surface area contributed by atoms with Crippen molar-refractivity contribution in [2.45, 2.75) is 5.75 Å². The monoisotopic (exact) mass is 309 g/mol. The van der Waals surface area contributed by atoms with Crippen LogP contribution in [0.15, 0.2) is 47.1 Å². The zero-order valence-corrected chi connectivity index (χ0v) is 11.6. The van der Waals surface area contributed by atoms with E-state index in [1.807, 2.05) is 0 Å².